The van der Waals surface area contributed by atoms with Gasteiger partial charge in [-0.3, -0.25) is 4.79 Å². The highest BCUT2D eigenvalue weighted by molar-refractivity contribution is 7.17. The molecule has 0 aromatic carbocycles. The third-order valence-electron chi connectivity index (χ3n) is 2.48. The van der Waals surface area contributed by atoms with Crippen molar-refractivity contribution in [2.75, 3.05) is 12.4 Å². The Kier molecular flexibility index (Phi) is 2.72. The lowest BCUT2D eigenvalue weighted by molar-refractivity contribution is -0.163. The molecule has 0 spiro atoms. The third-order valence-corrected chi connectivity index (χ3v) is 3.42. The molecule has 1 heterocycles. The van der Waals surface area contributed by atoms with Crippen LogP contribution < -0.4 is 10.6 Å². The highest BCUT2D eigenvalue weighted by atomic mass is 32.1. The Morgan fingerprint density at radius 2 is 2.06 bits per heavy atom. The Labute approximate surface area is 98.4 Å². The van der Waals surface area contributed by atoms with Crippen molar-refractivity contribution in [3.8, 4) is 0 Å². The van der Waals surface area contributed by atoms with Gasteiger partial charge in [0, 0.05) is 7.05 Å². The maximum absolute atomic E-state index is 12.6. The van der Waals surface area contributed by atoms with Gasteiger partial charge in [-0.05, 0) is 12.8 Å². The van der Waals surface area contributed by atoms with Crippen molar-refractivity contribution in [3.63, 3.8) is 0 Å². The first-order chi connectivity index (χ1) is 7.88. The van der Waals surface area contributed by atoms with Crippen molar-refractivity contribution in [1.82, 2.24) is 15.5 Å². The summed E-state index contributed by atoms with van der Waals surface area (Å²) in [6, 6.07) is 0. The van der Waals surface area contributed by atoms with Gasteiger partial charge in [-0.15, -0.1) is 10.2 Å². The van der Waals surface area contributed by atoms with Crippen molar-refractivity contribution in [1.29, 1.82) is 0 Å². The van der Waals surface area contributed by atoms with Gasteiger partial charge in [-0.1, -0.05) is 11.3 Å². The highest BCUT2D eigenvalue weighted by Crippen LogP contribution is 2.49. The molecule has 0 saturated heterocycles. The Morgan fingerprint density at radius 3 is 2.47 bits per heavy atom. The molecule has 1 fully saturated rings. The molecule has 1 aliphatic carbocycles. The highest BCUT2D eigenvalue weighted by Gasteiger charge is 2.64. The zero-order valence-corrected chi connectivity index (χ0v) is 9.58. The average molecular weight is 266 g/mol. The number of aromatic nitrogens is 2. The second-order valence-electron chi connectivity index (χ2n) is 3.70. The molecule has 1 saturated carbocycles. The molecular weight excluding hydrogens is 257 g/mol. The van der Waals surface area contributed by atoms with Crippen molar-refractivity contribution in [2.45, 2.75) is 24.6 Å². The molecule has 2 N–H and O–H groups in total. The average Bonchev–Trinajstić information content (AvgIpc) is 2.88. The molecule has 0 atom stereocenters. The molecule has 1 aromatic rings. The largest absolute Gasteiger partial charge is 0.411 e. The minimum absolute atomic E-state index is 0.0788. The maximum atomic E-state index is 12.6. The number of nitrogens with one attached hydrogen (secondary N) is 2. The first-order valence-corrected chi connectivity index (χ1v) is 5.60. The van der Waals surface area contributed by atoms with Gasteiger partial charge in [-0.2, -0.15) is 13.2 Å². The van der Waals surface area contributed by atoms with Crippen LogP contribution in [0.2, 0.25) is 0 Å². The van der Waals surface area contributed by atoms with Crippen LogP contribution in [0, 0.1) is 0 Å². The molecule has 94 valence electrons. The maximum Gasteiger partial charge on any atom is 0.411 e. The van der Waals surface area contributed by atoms with Crippen LogP contribution in [-0.2, 0) is 0 Å². The number of hydrogen-bond acceptors (Lipinski definition) is 5. The van der Waals surface area contributed by atoms with E-state index < -0.39 is 17.6 Å². The SMILES string of the molecule is CNc1nnc(C(=O)NC2(C(F)(F)F)CC2)s1. The zero-order chi connectivity index (χ0) is 12.7. The van der Waals surface area contributed by atoms with Gasteiger partial charge in [0.2, 0.25) is 10.1 Å². The fourth-order valence-corrected chi connectivity index (χ4v) is 1.88. The predicted molar refractivity (Wildman–Crippen MR) is 54.9 cm³/mol. The van der Waals surface area contributed by atoms with E-state index in [9.17, 15) is 18.0 Å². The summed E-state index contributed by atoms with van der Waals surface area (Å²) in [5.41, 5.74) is -2.06. The number of rotatable bonds is 3. The van der Waals surface area contributed by atoms with E-state index in [0.29, 0.717) is 5.13 Å². The molecule has 0 radical (unpaired) electrons. The number of amides is 1. The second kappa shape index (κ2) is 3.83. The fourth-order valence-electron chi connectivity index (χ4n) is 1.29. The lowest BCUT2D eigenvalue weighted by atomic mass is 10.2. The van der Waals surface area contributed by atoms with Gasteiger partial charge < -0.3 is 10.6 Å². The zero-order valence-electron chi connectivity index (χ0n) is 8.76. The Bertz CT molecular complexity index is 440. The Morgan fingerprint density at radius 1 is 1.41 bits per heavy atom. The molecule has 0 bridgehead atoms. The standard InChI is InChI=1S/C8H9F3N4OS/c1-12-6-15-14-5(17-6)4(16)13-7(2-3-7)8(9,10)11/h2-3H2,1H3,(H,12,15)(H,13,16). The number of carbonyl (C=O) groups excluding carboxylic acids is 1. The van der Waals surface area contributed by atoms with Gasteiger partial charge in [-0.25, -0.2) is 0 Å². The molecule has 0 aliphatic heterocycles. The monoisotopic (exact) mass is 266 g/mol. The number of halogens is 3. The van der Waals surface area contributed by atoms with Crippen LogP contribution in [0.15, 0.2) is 0 Å². The van der Waals surface area contributed by atoms with Gasteiger partial charge in [0.25, 0.3) is 5.91 Å². The second-order valence-corrected chi connectivity index (χ2v) is 4.67. The van der Waals surface area contributed by atoms with Crippen LogP contribution in [0.1, 0.15) is 22.6 Å². The molecule has 2 rings (SSSR count). The summed E-state index contributed by atoms with van der Waals surface area (Å²) in [6.45, 7) is 0. The van der Waals surface area contributed by atoms with E-state index in [1.165, 1.54) is 0 Å². The van der Waals surface area contributed by atoms with Crippen LogP contribution in [-0.4, -0.2) is 34.9 Å². The van der Waals surface area contributed by atoms with E-state index >= 15 is 0 Å². The first-order valence-electron chi connectivity index (χ1n) is 4.78. The van der Waals surface area contributed by atoms with Gasteiger partial charge in [0.15, 0.2) is 0 Å². The van der Waals surface area contributed by atoms with E-state index in [0.717, 1.165) is 11.3 Å². The van der Waals surface area contributed by atoms with Crippen LogP contribution in [0.5, 0.6) is 0 Å². The Balaban J connectivity index is 2.07. The number of nitrogens with zero attached hydrogens (tertiary/aromatic N) is 2. The molecule has 5 nitrogen and oxygen atoms in total. The van der Waals surface area contributed by atoms with Crippen LogP contribution in [0.4, 0.5) is 18.3 Å². The first kappa shape index (κ1) is 12.1. The summed E-state index contributed by atoms with van der Waals surface area (Å²) in [5, 5.41) is 12.0. The summed E-state index contributed by atoms with van der Waals surface area (Å²) >= 11 is 0.907. The quantitative estimate of drug-likeness (QED) is 0.868. The number of alkyl halides is 3. The lowest BCUT2D eigenvalue weighted by Crippen LogP contribution is -2.47. The molecular formula is C8H9F3N4OS. The van der Waals surface area contributed by atoms with E-state index in [4.69, 9.17) is 0 Å². The number of hydrogen-bond donors (Lipinski definition) is 2. The smallest absolute Gasteiger partial charge is 0.363 e. The molecule has 1 amide bonds. The molecule has 0 unspecified atom stereocenters. The molecule has 1 aliphatic rings. The predicted octanol–water partition coefficient (Wildman–Crippen LogP) is 1.40. The summed E-state index contributed by atoms with van der Waals surface area (Å²) in [6.07, 6.45) is -4.58. The van der Waals surface area contributed by atoms with Gasteiger partial charge in [0.05, 0.1) is 0 Å². The summed E-state index contributed by atoms with van der Waals surface area (Å²) < 4.78 is 37.8. The lowest BCUT2D eigenvalue weighted by Gasteiger charge is -2.19. The minimum atomic E-state index is -4.42. The van der Waals surface area contributed by atoms with E-state index in [1.807, 2.05) is 5.32 Å². The van der Waals surface area contributed by atoms with Crippen LogP contribution >= 0.6 is 11.3 Å². The normalized spacial score (nSPS) is 17.6. The molecule has 1 aromatic heterocycles. The van der Waals surface area contributed by atoms with Gasteiger partial charge >= 0.3 is 6.18 Å². The minimum Gasteiger partial charge on any atom is -0.363 e. The summed E-state index contributed by atoms with van der Waals surface area (Å²) in [5.74, 6) is -0.834. The number of carbonyl (C=O) groups is 1. The fraction of sp³-hybridized carbons (Fsp3) is 0.625. The van der Waals surface area contributed by atoms with E-state index in [1.54, 1.807) is 7.05 Å². The Hall–Kier alpha value is -1.38. The van der Waals surface area contributed by atoms with Crippen molar-refractivity contribution < 1.29 is 18.0 Å². The van der Waals surface area contributed by atoms with Crippen molar-refractivity contribution in [2.24, 2.45) is 0 Å². The molecule has 17 heavy (non-hydrogen) atoms. The summed E-state index contributed by atoms with van der Waals surface area (Å²) in [4.78, 5) is 11.5. The number of anilines is 1. The third kappa shape index (κ3) is 2.19. The molecule has 9 heteroatoms. The van der Waals surface area contributed by atoms with E-state index in [-0.39, 0.29) is 17.8 Å². The van der Waals surface area contributed by atoms with Crippen molar-refractivity contribution >= 4 is 22.4 Å². The van der Waals surface area contributed by atoms with Gasteiger partial charge in [0.1, 0.15) is 5.54 Å². The van der Waals surface area contributed by atoms with Crippen LogP contribution in [0.3, 0.4) is 0 Å². The van der Waals surface area contributed by atoms with E-state index in [2.05, 4.69) is 15.5 Å². The topological polar surface area (TPSA) is 66.9 Å². The van der Waals surface area contributed by atoms with Crippen molar-refractivity contribution in [3.05, 3.63) is 5.01 Å². The summed E-state index contributed by atoms with van der Waals surface area (Å²) in [7, 11) is 1.58. The van der Waals surface area contributed by atoms with Crippen LogP contribution in [0.25, 0.3) is 0 Å².